The van der Waals surface area contributed by atoms with E-state index in [-0.39, 0.29) is 5.92 Å². The van der Waals surface area contributed by atoms with Crippen molar-refractivity contribution >= 4 is 5.97 Å². The van der Waals surface area contributed by atoms with Gasteiger partial charge in [0.2, 0.25) is 0 Å². The molecule has 0 amide bonds. The molecule has 1 aromatic rings. The summed E-state index contributed by atoms with van der Waals surface area (Å²) in [5.41, 5.74) is 1.16. The Morgan fingerprint density at radius 1 is 1.69 bits per heavy atom. The maximum absolute atomic E-state index is 10.7. The van der Waals surface area contributed by atoms with Gasteiger partial charge in [-0.2, -0.15) is 5.10 Å². The number of aliphatic carboxylic acids is 1. The van der Waals surface area contributed by atoms with Crippen LogP contribution in [0.2, 0.25) is 0 Å². The van der Waals surface area contributed by atoms with Gasteiger partial charge in [0.15, 0.2) is 0 Å². The summed E-state index contributed by atoms with van der Waals surface area (Å²) in [7, 11) is 0. The zero-order chi connectivity index (χ0) is 11.7. The summed E-state index contributed by atoms with van der Waals surface area (Å²) in [6, 6.07) is 0. The van der Waals surface area contributed by atoms with Crippen molar-refractivity contribution in [1.29, 1.82) is 0 Å². The van der Waals surface area contributed by atoms with Crippen LogP contribution in [0.5, 0.6) is 0 Å². The van der Waals surface area contributed by atoms with Crippen LogP contribution in [0.25, 0.3) is 0 Å². The van der Waals surface area contributed by atoms with Crippen LogP contribution in [-0.2, 0) is 17.8 Å². The number of nitrogens with zero attached hydrogens (tertiary/aromatic N) is 2. The van der Waals surface area contributed by atoms with Crippen molar-refractivity contribution < 1.29 is 9.90 Å². The number of hydrogen-bond acceptors (Lipinski definition) is 2. The lowest BCUT2D eigenvalue weighted by molar-refractivity contribution is -0.138. The monoisotopic (exact) mass is 222 g/mol. The third-order valence-electron chi connectivity index (χ3n) is 2.98. The molecule has 0 spiro atoms. The Morgan fingerprint density at radius 3 is 3.00 bits per heavy atom. The Balaban J connectivity index is 1.87. The van der Waals surface area contributed by atoms with Gasteiger partial charge in [-0.15, -0.1) is 0 Å². The molecule has 1 aliphatic carbocycles. The summed E-state index contributed by atoms with van der Waals surface area (Å²) >= 11 is 0. The molecule has 0 aromatic carbocycles. The van der Waals surface area contributed by atoms with Gasteiger partial charge in [-0.1, -0.05) is 13.8 Å². The highest BCUT2D eigenvalue weighted by Gasteiger charge is 2.42. The molecule has 0 saturated heterocycles. The standard InChI is InChI=1S/C12H18N2O2/c1-8(2)6-14-7-9(5-13-14)3-10-4-11(10)12(15)16/h5,7-8,10-11H,3-4,6H2,1-2H3,(H,15,16). The van der Waals surface area contributed by atoms with Crippen LogP contribution in [-0.4, -0.2) is 20.9 Å². The SMILES string of the molecule is CC(C)Cn1cc(CC2CC2C(=O)O)cn1. The van der Waals surface area contributed by atoms with Crippen LogP contribution in [0.4, 0.5) is 0 Å². The number of carboxylic acids is 1. The first-order valence-corrected chi connectivity index (χ1v) is 5.80. The number of carbonyl (C=O) groups is 1. The Morgan fingerprint density at radius 2 is 2.44 bits per heavy atom. The van der Waals surface area contributed by atoms with Crippen molar-refractivity contribution in [3.63, 3.8) is 0 Å². The average Bonchev–Trinajstić information content (AvgIpc) is 2.80. The molecule has 2 rings (SSSR count). The van der Waals surface area contributed by atoms with E-state index in [0.29, 0.717) is 11.8 Å². The lowest BCUT2D eigenvalue weighted by Crippen LogP contribution is -2.04. The zero-order valence-corrected chi connectivity index (χ0v) is 9.76. The van der Waals surface area contributed by atoms with Gasteiger partial charge in [-0.05, 0) is 30.2 Å². The lowest BCUT2D eigenvalue weighted by Gasteiger charge is -2.03. The molecule has 4 nitrogen and oxygen atoms in total. The number of hydrogen-bond donors (Lipinski definition) is 1. The van der Waals surface area contributed by atoms with Gasteiger partial charge in [0.1, 0.15) is 0 Å². The van der Waals surface area contributed by atoms with Gasteiger partial charge >= 0.3 is 5.97 Å². The van der Waals surface area contributed by atoms with Crippen LogP contribution in [0.3, 0.4) is 0 Å². The number of carboxylic acid groups (broad SMARTS) is 1. The molecule has 0 radical (unpaired) electrons. The van der Waals surface area contributed by atoms with Crippen molar-refractivity contribution in [2.75, 3.05) is 0 Å². The minimum absolute atomic E-state index is 0.117. The predicted octanol–water partition coefficient (Wildman–Crippen LogP) is 1.80. The fraction of sp³-hybridized carbons (Fsp3) is 0.667. The number of rotatable bonds is 5. The molecule has 16 heavy (non-hydrogen) atoms. The summed E-state index contributed by atoms with van der Waals surface area (Å²) in [5, 5.41) is 13.1. The largest absolute Gasteiger partial charge is 0.481 e. The predicted molar refractivity (Wildman–Crippen MR) is 60.0 cm³/mol. The lowest BCUT2D eigenvalue weighted by atomic mass is 10.1. The molecule has 2 atom stereocenters. The van der Waals surface area contributed by atoms with Crippen LogP contribution >= 0.6 is 0 Å². The number of aromatic nitrogens is 2. The highest BCUT2D eigenvalue weighted by Crippen LogP contribution is 2.41. The second kappa shape index (κ2) is 4.28. The van der Waals surface area contributed by atoms with Crippen molar-refractivity contribution in [2.45, 2.75) is 33.2 Å². The molecule has 2 unspecified atom stereocenters. The summed E-state index contributed by atoms with van der Waals surface area (Å²) in [6.45, 7) is 5.23. The van der Waals surface area contributed by atoms with Gasteiger partial charge in [-0.3, -0.25) is 9.48 Å². The van der Waals surface area contributed by atoms with Crippen molar-refractivity contribution in [3.8, 4) is 0 Å². The molecule has 1 fully saturated rings. The third kappa shape index (κ3) is 2.62. The Bertz CT molecular complexity index is 384. The molecule has 1 saturated carbocycles. The highest BCUT2D eigenvalue weighted by atomic mass is 16.4. The van der Waals surface area contributed by atoms with E-state index in [9.17, 15) is 4.79 Å². The molecule has 4 heteroatoms. The molecular formula is C12H18N2O2. The van der Waals surface area contributed by atoms with E-state index in [1.54, 1.807) is 0 Å². The smallest absolute Gasteiger partial charge is 0.306 e. The van der Waals surface area contributed by atoms with Crippen LogP contribution in [0.15, 0.2) is 12.4 Å². The van der Waals surface area contributed by atoms with Crippen molar-refractivity contribution in [1.82, 2.24) is 9.78 Å². The first-order valence-electron chi connectivity index (χ1n) is 5.80. The first kappa shape index (κ1) is 11.2. The topological polar surface area (TPSA) is 55.1 Å². The summed E-state index contributed by atoms with van der Waals surface area (Å²) < 4.78 is 1.94. The van der Waals surface area contributed by atoms with Gasteiger partial charge in [0.25, 0.3) is 0 Å². The fourth-order valence-electron chi connectivity index (χ4n) is 2.06. The van der Waals surface area contributed by atoms with E-state index in [1.807, 2.05) is 17.1 Å². The Kier molecular flexibility index (Phi) is 2.99. The molecule has 1 aliphatic rings. The fourth-order valence-corrected chi connectivity index (χ4v) is 2.06. The summed E-state index contributed by atoms with van der Waals surface area (Å²) in [5.74, 6) is 0.141. The second-order valence-corrected chi connectivity index (χ2v) is 5.11. The minimum Gasteiger partial charge on any atom is -0.481 e. The van der Waals surface area contributed by atoms with Crippen molar-refractivity contribution in [3.05, 3.63) is 18.0 Å². The molecule has 1 N–H and O–H groups in total. The quantitative estimate of drug-likeness (QED) is 0.826. The Labute approximate surface area is 95.3 Å². The molecule has 0 bridgehead atoms. The van der Waals surface area contributed by atoms with Crippen LogP contribution < -0.4 is 0 Å². The van der Waals surface area contributed by atoms with Crippen LogP contribution in [0, 0.1) is 17.8 Å². The van der Waals surface area contributed by atoms with Gasteiger partial charge in [0, 0.05) is 12.7 Å². The molecule has 0 aliphatic heterocycles. The van der Waals surface area contributed by atoms with E-state index in [2.05, 4.69) is 18.9 Å². The highest BCUT2D eigenvalue weighted by molar-refractivity contribution is 5.73. The van der Waals surface area contributed by atoms with Gasteiger partial charge in [0.05, 0.1) is 12.1 Å². The first-order chi connectivity index (χ1) is 7.56. The molecule has 1 heterocycles. The van der Waals surface area contributed by atoms with Crippen LogP contribution in [0.1, 0.15) is 25.8 Å². The van der Waals surface area contributed by atoms with E-state index in [0.717, 1.165) is 24.9 Å². The van der Waals surface area contributed by atoms with Gasteiger partial charge < -0.3 is 5.11 Å². The average molecular weight is 222 g/mol. The van der Waals surface area contributed by atoms with E-state index in [4.69, 9.17) is 5.11 Å². The van der Waals surface area contributed by atoms with Crippen molar-refractivity contribution in [2.24, 2.45) is 17.8 Å². The minimum atomic E-state index is -0.653. The van der Waals surface area contributed by atoms with E-state index in [1.165, 1.54) is 0 Å². The second-order valence-electron chi connectivity index (χ2n) is 5.11. The molecule has 1 aromatic heterocycles. The maximum Gasteiger partial charge on any atom is 0.306 e. The summed E-state index contributed by atoms with van der Waals surface area (Å²) in [6.07, 6.45) is 5.58. The zero-order valence-electron chi connectivity index (χ0n) is 9.76. The third-order valence-corrected chi connectivity index (χ3v) is 2.98. The van der Waals surface area contributed by atoms with Gasteiger partial charge in [-0.25, -0.2) is 0 Å². The molecular weight excluding hydrogens is 204 g/mol. The maximum atomic E-state index is 10.7. The normalized spacial score (nSPS) is 23.7. The van der Waals surface area contributed by atoms with E-state index >= 15 is 0 Å². The summed E-state index contributed by atoms with van der Waals surface area (Å²) in [4.78, 5) is 10.7. The van der Waals surface area contributed by atoms with E-state index < -0.39 is 5.97 Å². The Hall–Kier alpha value is -1.32. The molecule has 88 valence electrons.